The van der Waals surface area contributed by atoms with Gasteiger partial charge in [-0.25, -0.2) is 4.79 Å². The molecule has 0 aromatic heterocycles. The minimum Gasteiger partial charge on any atom is -0.508 e. The van der Waals surface area contributed by atoms with Crippen molar-refractivity contribution in [2.75, 3.05) is 25.0 Å². The summed E-state index contributed by atoms with van der Waals surface area (Å²) in [6, 6.07) is 17.1. The number of amides is 2. The molecule has 2 aromatic carbocycles. The van der Waals surface area contributed by atoms with Crippen LogP contribution in [0.25, 0.3) is 0 Å². The molecule has 36 heavy (non-hydrogen) atoms. The van der Waals surface area contributed by atoms with Gasteiger partial charge in [-0.1, -0.05) is 31.7 Å². The summed E-state index contributed by atoms with van der Waals surface area (Å²) in [6.07, 6.45) is 8.69. The maximum Gasteiger partial charge on any atom is 0.322 e. The zero-order chi connectivity index (χ0) is 23.4. The van der Waals surface area contributed by atoms with Gasteiger partial charge in [0.25, 0.3) is 0 Å². The number of anilines is 1. The topological polar surface area (TPSA) is 55.8 Å². The van der Waals surface area contributed by atoms with Gasteiger partial charge >= 0.3 is 6.03 Å². The number of fused-ring (bicyclic) bond motifs is 1. The third-order valence-corrected chi connectivity index (χ3v) is 11.1. The van der Waals surface area contributed by atoms with Gasteiger partial charge in [-0.15, -0.1) is 0 Å². The van der Waals surface area contributed by atoms with Crippen LogP contribution in [0.15, 0.2) is 48.5 Å². The predicted octanol–water partition coefficient (Wildman–Crippen LogP) is 5.64. The van der Waals surface area contributed by atoms with Crippen molar-refractivity contribution in [1.82, 2.24) is 9.80 Å². The monoisotopic (exact) mass is 485 g/mol. The Morgan fingerprint density at radius 3 is 2.72 bits per heavy atom. The Hall–Kier alpha value is -2.53. The van der Waals surface area contributed by atoms with Crippen molar-refractivity contribution in [3.63, 3.8) is 0 Å². The zero-order valence-corrected chi connectivity index (χ0v) is 20.3. The number of urea groups is 1. The number of carbonyl (C=O) groups excluding carboxylic acids is 1. The molecule has 0 radical (unpaired) electrons. The van der Waals surface area contributed by atoms with Crippen molar-refractivity contribution in [2.24, 2.45) is 23.2 Å². The Labute approximate surface area is 214 Å². The molecule has 2 aromatic rings. The van der Waals surface area contributed by atoms with Gasteiger partial charge in [0.1, 0.15) is 5.75 Å². The van der Waals surface area contributed by atoms with E-state index in [-0.39, 0.29) is 18.9 Å². The summed E-state index contributed by atoms with van der Waals surface area (Å²) in [6.45, 7) is 3.32. The number of rotatable bonds is 3. The van der Waals surface area contributed by atoms with Gasteiger partial charge < -0.3 is 15.3 Å². The van der Waals surface area contributed by atoms with Crippen molar-refractivity contribution in [3.05, 3.63) is 59.7 Å². The minimum atomic E-state index is 0. The molecular formula is C31H39N3O2. The van der Waals surface area contributed by atoms with E-state index in [1.165, 1.54) is 56.3 Å². The maximum atomic E-state index is 13.5. The molecule has 3 saturated carbocycles. The van der Waals surface area contributed by atoms with E-state index in [0.29, 0.717) is 35.1 Å². The first kappa shape index (κ1) is 22.7. The molecule has 6 atom stereocenters. The second-order valence-electron chi connectivity index (χ2n) is 12.4. The number of hydrogen-bond acceptors (Lipinski definition) is 3. The number of piperidine rings is 1. The molecule has 8 rings (SSSR count). The van der Waals surface area contributed by atoms with Crippen LogP contribution < -0.4 is 5.32 Å². The van der Waals surface area contributed by atoms with E-state index in [9.17, 15) is 9.90 Å². The first-order valence-electron chi connectivity index (χ1n) is 13.8. The van der Waals surface area contributed by atoms with Gasteiger partial charge in [0.15, 0.2) is 0 Å². The second-order valence-corrected chi connectivity index (χ2v) is 12.4. The molecule has 5 unspecified atom stereocenters. The summed E-state index contributed by atoms with van der Waals surface area (Å²) in [4.78, 5) is 18.6. The summed E-state index contributed by atoms with van der Waals surface area (Å²) in [7, 11) is 0. The van der Waals surface area contributed by atoms with Crippen LogP contribution in [-0.4, -0.2) is 52.7 Å². The number of hydrogen-bond donors (Lipinski definition) is 2. The Morgan fingerprint density at radius 1 is 1.08 bits per heavy atom. The number of nitrogens with one attached hydrogen (secondary N) is 1. The van der Waals surface area contributed by atoms with E-state index in [0.717, 1.165) is 31.0 Å². The highest BCUT2D eigenvalue weighted by Gasteiger charge is 2.76. The van der Waals surface area contributed by atoms with Crippen LogP contribution >= 0.6 is 0 Å². The minimum absolute atomic E-state index is 0. The predicted molar refractivity (Wildman–Crippen MR) is 142 cm³/mol. The number of phenolic OH excluding ortho intramolecular Hbond substituents is 1. The maximum absolute atomic E-state index is 13.5. The number of aromatic hydroxyl groups is 1. The molecule has 190 valence electrons. The molecular weight excluding hydrogens is 446 g/mol. The standard InChI is InChI=1S/C30H35N3O2.CH4/c34-23-9-8-20-14-26-29-11-10-25-27(30(29,24(20)15-23)12-13-32(26)17-19-6-7-19)21(16-29)18-33(25)28(35)31-22-4-2-1-3-5-22;/h1-5,8-9,15,19,21,25-27,34H,6-7,10-14,16-18H2,(H,31,35);1H4/t21-,25?,26?,27?,29?,30?;/m1./s1. The van der Waals surface area contributed by atoms with Crippen LogP contribution in [0.1, 0.15) is 57.1 Å². The van der Waals surface area contributed by atoms with Crippen LogP contribution in [0.2, 0.25) is 0 Å². The average Bonchev–Trinajstić information content (AvgIpc) is 3.55. The SMILES string of the molecule is C.O=C(Nc1ccccc1)N1C[C@H]2CC34CCC1C2C31CCN(CC2CC2)C4Cc2ccc(O)cc21. The molecule has 2 heterocycles. The van der Waals surface area contributed by atoms with E-state index in [1.807, 2.05) is 36.4 Å². The lowest BCUT2D eigenvalue weighted by molar-refractivity contribution is -0.101. The lowest BCUT2D eigenvalue weighted by atomic mass is 9.43. The van der Waals surface area contributed by atoms with Gasteiger partial charge in [-0.05, 0) is 110 Å². The van der Waals surface area contributed by atoms with Crippen molar-refractivity contribution in [1.29, 1.82) is 0 Å². The van der Waals surface area contributed by atoms with Gasteiger partial charge in [-0.2, -0.15) is 0 Å². The van der Waals surface area contributed by atoms with Gasteiger partial charge in [-0.3, -0.25) is 4.90 Å². The summed E-state index contributed by atoms with van der Waals surface area (Å²) < 4.78 is 0. The normalized spacial score (nSPS) is 37.6. The van der Waals surface area contributed by atoms with Crippen LogP contribution in [0.4, 0.5) is 10.5 Å². The molecule has 6 aliphatic rings. The largest absolute Gasteiger partial charge is 0.508 e. The molecule has 2 N–H and O–H groups in total. The Kier molecular flexibility index (Phi) is 4.87. The summed E-state index contributed by atoms with van der Waals surface area (Å²) >= 11 is 0. The number of likely N-dealkylation sites (tertiary alicyclic amines) is 2. The van der Waals surface area contributed by atoms with E-state index in [1.54, 1.807) is 0 Å². The quantitative estimate of drug-likeness (QED) is 0.592. The van der Waals surface area contributed by atoms with Crippen molar-refractivity contribution < 1.29 is 9.90 Å². The average molecular weight is 486 g/mol. The third kappa shape index (κ3) is 2.84. The van der Waals surface area contributed by atoms with Crippen molar-refractivity contribution in [3.8, 4) is 5.75 Å². The van der Waals surface area contributed by atoms with Crippen LogP contribution in [0.5, 0.6) is 5.75 Å². The molecule has 4 aliphatic carbocycles. The highest BCUT2D eigenvalue weighted by molar-refractivity contribution is 5.90. The smallest absolute Gasteiger partial charge is 0.322 e. The fourth-order valence-electron chi connectivity index (χ4n) is 9.89. The van der Waals surface area contributed by atoms with Crippen molar-refractivity contribution in [2.45, 2.75) is 69.9 Å². The number of para-hydroxylation sites is 1. The molecule has 5 heteroatoms. The van der Waals surface area contributed by atoms with Crippen LogP contribution in [0, 0.1) is 23.2 Å². The lowest BCUT2D eigenvalue weighted by Gasteiger charge is -2.66. The molecule has 5 nitrogen and oxygen atoms in total. The Balaban J connectivity index is 0.00000220. The number of phenols is 1. The van der Waals surface area contributed by atoms with E-state index >= 15 is 0 Å². The second kappa shape index (κ2) is 7.74. The fourth-order valence-corrected chi connectivity index (χ4v) is 9.89. The first-order chi connectivity index (χ1) is 17.1. The van der Waals surface area contributed by atoms with E-state index < -0.39 is 0 Å². The summed E-state index contributed by atoms with van der Waals surface area (Å²) in [5, 5.41) is 13.8. The van der Waals surface area contributed by atoms with Crippen molar-refractivity contribution >= 4 is 11.7 Å². The number of nitrogens with zero attached hydrogens (tertiary/aromatic N) is 2. The molecule has 5 fully saturated rings. The number of carbonyl (C=O) groups is 1. The van der Waals surface area contributed by atoms with Crippen LogP contribution in [-0.2, 0) is 11.8 Å². The molecule has 4 bridgehead atoms. The first-order valence-corrected chi connectivity index (χ1v) is 13.8. The molecule has 2 saturated heterocycles. The molecule has 2 amide bonds. The van der Waals surface area contributed by atoms with Gasteiger partial charge in [0.05, 0.1) is 0 Å². The Bertz CT molecular complexity index is 1200. The van der Waals surface area contributed by atoms with Gasteiger partial charge in [0, 0.05) is 36.3 Å². The third-order valence-electron chi connectivity index (χ3n) is 11.1. The lowest BCUT2D eigenvalue weighted by Crippen LogP contribution is -2.70. The van der Waals surface area contributed by atoms with E-state index in [4.69, 9.17) is 0 Å². The highest BCUT2D eigenvalue weighted by Crippen LogP contribution is 2.75. The fraction of sp³-hybridized carbons (Fsp3) is 0.581. The number of benzene rings is 2. The molecule has 0 spiro atoms. The molecule has 2 aliphatic heterocycles. The zero-order valence-electron chi connectivity index (χ0n) is 20.3. The van der Waals surface area contributed by atoms with Crippen LogP contribution in [0.3, 0.4) is 0 Å². The van der Waals surface area contributed by atoms with E-state index in [2.05, 4.69) is 27.2 Å². The summed E-state index contributed by atoms with van der Waals surface area (Å²) in [5.74, 6) is 2.38. The Morgan fingerprint density at radius 2 is 1.92 bits per heavy atom. The summed E-state index contributed by atoms with van der Waals surface area (Å²) in [5.41, 5.74) is 4.16. The highest BCUT2D eigenvalue weighted by atomic mass is 16.3. The van der Waals surface area contributed by atoms with Gasteiger partial charge in [0.2, 0.25) is 0 Å².